The molecule has 0 spiro atoms. The highest BCUT2D eigenvalue weighted by atomic mass is 19.1. The quantitative estimate of drug-likeness (QED) is 0.495. The Morgan fingerprint density at radius 2 is 2.11 bits per heavy atom. The molecule has 0 radical (unpaired) electrons. The van der Waals surface area contributed by atoms with E-state index in [1.165, 1.54) is 0 Å². The summed E-state index contributed by atoms with van der Waals surface area (Å²) in [5.41, 5.74) is 5.35. The van der Waals surface area contributed by atoms with Gasteiger partial charge >= 0.3 is 0 Å². The molecule has 1 rings (SSSR count). The molecule has 1 aliphatic carbocycles. The Hall–Kier alpha value is -0.150. The fourth-order valence-corrected chi connectivity index (χ4v) is 1.12. The van der Waals surface area contributed by atoms with Gasteiger partial charge in [-0.25, -0.2) is 4.39 Å². The van der Waals surface area contributed by atoms with Gasteiger partial charge in [0.05, 0.1) is 6.10 Å². The molecule has 9 heavy (non-hydrogen) atoms. The van der Waals surface area contributed by atoms with E-state index in [0.717, 1.165) is 0 Å². The standard InChI is InChI=1S/C6H12FNO/c7-5-3-4(9)1-2-6(5)8/h4-6,9H,1-3,8H2/t4-,5+,6-/m1/s1. The molecule has 3 N–H and O–H groups in total. The molecule has 1 fully saturated rings. The molecule has 3 atom stereocenters. The minimum Gasteiger partial charge on any atom is -0.393 e. The van der Waals surface area contributed by atoms with Crippen molar-refractivity contribution in [3.63, 3.8) is 0 Å². The van der Waals surface area contributed by atoms with Crippen LogP contribution in [0.4, 0.5) is 4.39 Å². The van der Waals surface area contributed by atoms with Crippen LogP contribution < -0.4 is 5.73 Å². The van der Waals surface area contributed by atoms with Crippen LogP contribution in [0.3, 0.4) is 0 Å². The van der Waals surface area contributed by atoms with Gasteiger partial charge in [-0.3, -0.25) is 0 Å². The van der Waals surface area contributed by atoms with Crippen LogP contribution >= 0.6 is 0 Å². The summed E-state index contributed by atoms with van der Waals surface area (Å²) in [6, 6.07) is -0.339. The van der Waals surface area contributed by atoms with Gasteiger partial charge in [-0.05, 0) is 12.8 Å². The summed E-state index contributed by atoms with van der Waals surface area (Å²) in [5.74, 6) is 0. The Kier molecular flexibility index (Phi) is 2.03. The molecule has 0 heterocycles. The first-order valence-electron chi connectivity index (χ1n) is 3.28. The summed E-state index contributed by atoms with van der Waals surface area (Å²) in [6.07, 6.45) is 0.0407. The number of aliphatic hydroxyl groups excluding tert-OH is 1. The number of alkyl halides is 1. The predicted octanol–water partition coefficient (Wildman–Crippen LogP) is 0.197. The van der Waals surface area contributed by atoms with E-state index in [2.05, 4.69) is 0 Å². The smallest absolute Gasteiger partial charge is 0.118 e. The highest BCUT2D eigenvalue weighted by molar-refractivity contribution is 4.81. The second-order valence-corrected chi connectivity index (χ2v) is 2.65. The van der Waals surface area contributed by atoms with Crippen LogP contribution in [0.1, 0.15) is 19.3 Å². The molecule has 0 aliphatic heterocycles. The van der Waals surface area contributed by atoms with Crippen molar-refractivity contribution in [3.8, 4) is 0 Å². The van der Waals surface area contributed by atoms with Gasteiger partial charge in [-0.2, -0.15) is 0 Å². The zero-order valence-electron chi connectivity index (χ0n) is 5.26. The Bertz CT molecular complexity index is 99.1. The van der Waals surface area contributed by atoms with Crippen molar-refractivity contribution >= 4 is 0 Å². The van der Waals surface area contributed by atoms with Gasteiger partial charge in [-0.1, -0.05) is 0 Å². The first kappa shape index (κ1) is 6.96. The second-order valence-electron chi connectivity index (χ2n) is 2.65. The predicted molar refractivity (Wildman–Crippen MR) is 32.7 cm³/mol. The molecule has 0 aromatic carbocycles. The van der Waals surface area contributed by atoms with E-state index < -0.39 is 12.3 Å². The summed E-state index contributed by atoms with van der Waals surface area (Å²) < 4.78 is 12.5. The summed E-state index contributed by atoms with van der Waals surface area (Å²) in [6.45, 7) is 0. The summed E-state index contributed by atoms with van der Waals surface area (Å²) in [5, 5.41) is 8.90. The van der Waals surface area contributed by atoms with E-state index in [0.29, 0.717) is 12.8 Å². The van der Waals surface area contributed by atoms with Gasteiger partial charge in [0.2, 0.25) is 0 Å². The van der Waals surface area contributed by atoms with Crippen LogP contribution in [-0.2, 0) is 0 Å². The Balaban J connectivity index is 2.35. The van der Waals surface area contributed by atoms with Gasteiger partial charge in [0.15, 0.2) is 0 Å². The van der Waals surface area contributed by atoms with E-state index in [1.807, 2.05) is 0 Å². The average molecular weight is 133 g/mol. The van der Waals surface area contributed by atoms with E-state index in [4.69, 9.17) is 10.8 Å². The van der Waals surface area contributed by atoms with Gasteiger partial charge in [-0.15, -0.1) is 0 Å². The third kappa shape index (κ3) is 1.63. The van der Waals surface area contributed by atoms with Crippen LogP contribution in [0, 0.1) is 0 Å². The number of nitrogens with two attached hydrogens (primary N) is 1. The lowest BCUT2D eigenvalue weighted by Crippen LogP contribution is -2.39. The van der Waals surface area contributed by atoms with Crippen LogP contribution in [-0.4, -0.2) is 23.4 Å². The minimum atomic E-state index is -0.992. The minimum absolute atomic E-state index is 0.223. The molecular weight excluding hydrogens is 121 g/mol. The first-order valence-corrected chi connectivity index (χ1v) is 3.28. The van der Waals surface area contributed by atoms with Crippen molar-refractivity contribution in [2.45, 2.75) is 37.6 Å². The lowest BCUT2D eigenvalue weighted by atomic mass is 9.92. The molecule has 0 aromatic heterocycles. The fraction of sp³-hybridized carbons (Fsp3) is 1.00. The number of hydrogen-bond donors (Lipinski definition) is 2. The van der Waals surface area contributed by atoms with Gasteiger partial charge in [0.25, 0.3) is 0 Å². The molecule has 1 aliphatic rings. The molecule has 0 aromatic rings. The van der Waals surface area contributed by atoms with E-state index in [1.54, 1.807) is 0 Å². The Morgan fingerprint density at radius 1 is 1.44 bits per heavy atom. The largest absolute Gasteiger partial charge is 0.393 e. The van der Waals surface area contributed by atoms with E-state index in [9.17, 15) is 4.39 Å². The SMILES string of the molecule is N[C@@H]1CC[C@@H](O)C[C@@H]1F. The maximum absolute atomic E-state index is 12.5. The van der Waals surface area contributed by atoms with Gasteiger partial charge in [0, 0.05) is 12.5 Å². The molecular formula is C6H12FNO. The third-order valence-electron chi connectivity index (χ3n) is 1.80. The number of hydrogen-bond acceptors (Lipinski definition) is 2. The molecule has 0 unspecified atom stereocenters. The molecule has 0 bridgehead atoms. The fourth-order valence-electron chi connectivity index (χ4n) is 1.12. The average Bonchev–Trinajstić information content (AvgIpc) is 1.80. The normalized spacial score (nSPS) is 45.0. The zero-order chi connectivity index (χ0) is 6.85. The van der Waals surface area contributed by atoms with E-state index in [-0.39, 0.29) is 12.5 Å². The lowest BCUT2D eigenvalue weighted by molar-refractivity contribution is 0.0721. The van der Waals surface area contributed by atoms with Crippen LogP contribution in [0.2, 0.25) is 0 Å². The zero-order valence-corrected chi connectivity index (χ0v) is 5.26. The highest BCUT2D eigenvalue weighted by Gasteiger charge is 2.26. The number of aliphatic hydroxyl groups is 1. The highest BCUT2D eigenvalue weighted by Crippen LogP contribution is 2.19. The second kappa shape index (κ2) is 2.62. The molecule has 3 heteroatoms. The summed E-state index contributed by atoms with van der Waals surface area (Å²) in [7, 11) is 0. The van der Waals surface area contributed by atoms with Crippen molar-refractivity contribution in [2.24, 2.45) is 5.73 Å². The Labute approximate surface area is 53.9 Å². The summed E-state index contributed by atoms with van der Waals surface area (Å²) in [4.78, 5) is 0. The lowest BCUT2D eigenvalue weighted by Gasteiger charge is -2.25. The Morgan fingerprint density at radius 3 is 2.56 bits per heavy atom. The maximum Gasteiger partial charge on any atom is 0.118 e. The molecule has 1 saturated carbocycles. The van der Waals surface area contributed by atoms with Gasteiger partial charge in [0.1, 0.15) is 6.17 Å². The van der Waals surface area contributed by atoms with Crippen molar-refractivity contribution in [1.29, 1.82) is 0 Å². The molecule has 2 nitrogen and oxygen atoms in total. The topological polar surface area (TPSA) is 46.2 Å². The van der Waals surface area contributed by atoms with Crippen LogP contribution in [0.25, 0.3) is 0 Å². The number of halogens is 1. The maximum atomic E-state index is 12.5. The van der Waals surface area contributed by atoms with Crippen LogP contribution in [0.5, 0.6) is 0 Å². The molecule has 0 amide bonds. The van der Waals surface area contributed by atoms with Crippen molar-refractivity contribution in [3.05, 3.63) is 0 Å². The van der Waals surface area contributed by atoms with Crippen molar-refractivity contribution in [2.75, 3.05) is 0 Å². The monoisotopic (exact) mass is 133 g/mol. The summed E-state index contributed by atoms with van der Waals surface area (Å²) >= 11 is 0. The van der Waals surface area contributed by atoms with Crippen molar-refractivity contribution in [1.82, 2.24) is 0 Å². The molecule has 0 saturated heterocycles. The molecule has 54 valence electrons. The van der Waals surface area contributed by atoms with Gasteiger partial charge < -0.3 is 10.8 Å². The van der Waals surface area contributed by atoms with E-state index >= 15 is 0 Å². The number of rotatable bonds is 0. The van der Waals surface area contributed by atoms with Crippen LogP contribution in [0.15, 0.2) is 0 Å². The third-order valence-corrected chi connectivity index (χ3v) is 1.80. The van der Waals surface area contributed by atoms with Crippen molar-refractivity contribution < 1.29 is 9.50 Å². The first-order chi connectivity index (χ1) is 4.20.